The lowest BCUT2D eigenvalue weighted by Crippen LogP contribution is -2.37. The number of nitrogens with one attached hydrogen (secondary N) is 2. The van der Waals surface area contributed by atoms with Crippen LogP contribution >= 0.6 is 22.9 Å². The number of amides is 2. The van der Waals surface area contributed by atoms with Gasteiger partial charge in [0.2, 0.25) is 0 Å². The number of alkyl halides is 3. The van der Waals surface area contributed by atoms with Crippen LogP contribution < -0.4 is 15.4 Å². The van der Waals surface area contributed by atoms with Crippen LogP contribution in [-0.2, 0) is 14.3 Å². The van der Waals surface area contributed by atoms with Gasteiger partial charge in [0, 0.05) is 24.2 Å². The van der Waals surface area contributed by atoms with E-state index in [2.05, 4.69) is 15.4 Å². The molecule has 0 saturated heterocycles. The number of ether oxygens (including phenoxy) is 2. The number of thiophene rings is 1. The summed E-state index contributed by atoms with van der Waals surface area (Å²) in [5, 5.41) is 4.69. The van der Waals surface area contributed by atoms with Crippen LogP contribution in [0.1, 0.15) is 11.0 Å². The highest BCUT2D eigenvalue weighted by molar-refractivity contribution is 7.16. The first-order valence-electron chi connectivity index (χ1n) is 7.41. The quantitative estimate of drug-likeness (QED) is 0.695. The molecule has 1 aromatic carbocycles. The Morgan fingerprint density at radius 3 is 2.33 bits per heavy atom. The van der Waals surface area contributed by atoms with Crippen molar-refractivity contribution in [2.45, 2.75) is 12.5 Å². The minimum Gasteiger partial charge on any atom is -0.406 e. The molecule has 27 heavy (non-hydrogen) atoms. The second-order valence-corrected chi connectivity index (χ2v) is 6.85. The molecule has 2 amide bonds. The molecule has 0 aliphatic heterocycles. The number of carbonyl (C=O) groups is 2. The van der Waals surface area contributed by atoms with Crippen molar-refractivity contribution in [3.63, 3.8) is 0 Å². The minimum absolute atomic E-state index is 0.0396. The van der Waals surface area contributed by atoms with E-state index >= 15 is 0 Å². The molecule has 2 aromatic rings. The van der Waals surface area contributed by atoms with E-state index in [1.165, 1.54) is 30.6 Å². The van der Waals surface area contributed by atoms with Gasteiger partial charge in [0.05, 0.1) is 4.34 Å². The van der Waals surface area contributed by atoms with Gasteiger partial charge in [-0.15, -0.1) is 24.5 Å². The van der Waals surface area contributed by atoms with Gasteiger partial charge in [-0.05, 0) is 36.4 Å². The first kappa shape index (κ1) is 21.0. The predicted octanol–water partition coefficient (Wildman–Crippen LogP) is 3.74. The van der Waals surface area contributed by atoms with Crippen molar-refractivity contribution in [3.8, 4) is 5.75 Å². The Morgan fingerprint density at radius 2 is 1.81 bits per heavy atom. The predicted molar refractivity (Wildman–Crippen MR) is 93.8 cm³/mol. The number of halogens is 4. The number of carbonyl (C=O) groups excluding carboxylic acids is 2. The standard InChI is InChI=1S/C16H14ClF3N2O4S/c1-25-11(12-6-7-13(17)27-12)8-21-14(23)15(24)22-9-2-4-10(5-3-9)26-16(18,19)20/h2-7,11H,8H2,1H3,(H,21,23)(H,22,24)/t11-/m1/s1. The average molecular weight is 423 g/mol. The molecule has 1 atom stereocenters. The fourth-order valence-electron chi connectivity index (χ4n) is 1.99. The Kier molecular flexibility index (Phi) is 7.05. The van der Waals surface area contributed by atoms with E-state index in [9.17, 15) is 22.8 Å². The van der Waals surface area contributed by atoms with Crippen molar-refractivity contribution in [3.05, 3.63) is 45.6 Å². The molecule has 0 aliphatic rings. The molecule has 6 nitrogen and oxygen atoms in total. The molecule has 0 fully saturated rings. The normalized spacial score (nSPS) is 12.3. The fraction of sp³-hybridized carbons (Fsp3) is 0.250. The zero-order chi connectivity index (χ0) is 20.0. The van der Waals surface area contributed by atoms with Gasteiger partial charge in [-0.3, -0.25) is 9.59 Å². The average Bonchev–Trinajstić information content (AvgIpc) is 3.02. The van der Waals surface area contributed by atoms with Crippen molar-refractivity contribution in [1.29, 1.82) is 0 Å². The van der Waals surface area contributed by atoms with Crippen molar-refractivity contribution >= 4 is 40.4 Å². The highest BCUT2D eigenvalue weighted by atomic mass is 35.5. The molecular formula is C16H14ClF3N2O4S. The number of rotatable bonds is 6. The number of methoxy groups -OCH3 is 1. The van der Waals surface area contributed by atoms with Gasteiger partial charge in [0.1, 0.15) is 11.9 Å². The van der Waals surface area contributed by atoms with Crippen LogP contribution in [0, 0.1) is 0 Å². The third-order valence-corrected chi connectivity index (χ3v) is 4.52. The summed E-state index contributed by atoms with van der Waals surface area (Å²) in [6.07, 6.45) is -5.28. The van der Waals surface area contributed by atoms with Crippen LogP contribution in [0.3, 0.4) is 0 Å². The van der Waals surface area contributed by atoms with Crippen LogP contribution in [0.4, 0.5) is 18.9 Å². The summed E-state index contributed by atoms with van der Waals surface area (Å²) < 4.78 is 45.8. The highest BCUT2D eigenvalue weighted by Gasteiger charge is 2.31. The lowest BCUT2D eigenvalue weighted by atomic mass is 10.3. The van der Waals surface area contributed by atoms with E-state index < -0.39 is 30.0 Å². The molecule has 0 unspecified atom stereocenters. The van der Waals surface area contributed by atoms with Gasteiger partial charge in [-0.1, -0.05) is 11.6 Å². The third-order valence-electron chi connectivity index (χ3n) is 3.20. The maximum absolute atomic E-state index is 12.1. The van der Waals surface area contributed by atoms with Crippen molar-refractivity contribution in [1.82, 2.24) is 5.32 Å². The molecule has 2 N–H and O–H groups in total. The first-order chi connectivity index (χ1) is 12.7. The maximum atomic E-state index is 12.1. The summed E-state index contributed by atoms with van der Waals surface area (Å²) in [5.41, 5.74) is 0.137. The van der Waals surface area contributed by atoms with Gasteiger partial charge in [0.25, 0.3) is 0 Å². The molecule has 2 rings (SSSR count). The second-order valence-electron chi connectivity index (χ2n) is 5.10. The highest BCUT2D eigenvalue weighted by Crippen LogP contribution is 2.28. The Balaban J connectivity index is 1.87. The Bertz CT molecular complexity index is 796. The lowest BCUT2D eigenvalue weighted by Gasteiger charge is -2.14. The van der Waals surface area contributed by atoms with Crippen LogP contribution in [0.15, 0.2) is 36.4 Å². The number of benzene rings is 1. The zero-order valence-electron chi connectivity index (χ0n) is 13.8. The van der Waals surface area contributed by atoms with E-state index in [1.54, 1.807) is 12.1 Å². The Labute approximate surface area is 161 Å². The van der Waals surface area contributed by atoms with Crippen LogP contribution in [0.25, 0.3) is 0 Å². The SMILES string of the molecule is CO[C@H](CNC(=O)C(=O)Nc1ccc(OC(F)(F)F)cc1)c1ccc(Cl)s1. The van der Waals surface area contributed by atoms with Gasteiger partial charge >= 0.3 is 18.2 Å². The molecule has 11 heteroatoms. The van der Waals surface area contributed by atoms with E-state index in [0.29, 0.717) is 4.34 Å². The molecule has 0 aliphatic carbocycles. The molecular weight excluding hydrogens is 409 g/mol. The van der Waals surface area contributed by atoms with E-state index in [-0.39, 0.29) is 12.2 Å². The van der Waals surface area contributed by atoms with Gasteiger partial charge in [-0.25, -0.2) is 0 Å². The topological polar surface area (TPSA) is 76.7 Å². The van der Waals surface area contributed by atoms with Crippen molar-refractivity contribution < 1.29 is 32.2 Å². The van der Waals surface area contributed by atoms with Crippen LogP contribution in [0.2, 0.25) is 4.34 Å². The van der Waals surface area contributed by atoms with Crippen LogP contribution in [0.5, 0.6) is 5.75 Å². The summed E-state index contributed by atoms with van der Waals surface area (Å²) >= 11 is 7.14. The Hall–Kier alpha value is -2.30. The minimum atomic E-state index is -4.81. The summed E-state index contributed by atoms with van der Waals surface area (Å²) in [6.45, 7) is 0.0396. The molecule has 1 heterocycles. The molecule has 0 bridgehead atoms. The summed E-state index contributed by atoms with van der Waals surface area (Å²) in [6, 6.07) is 7.83. The summed E-state index contributed by atoms with van der Waals surface area (Å²) in [7, 11) is 1.45. The lowest BCUT2D eigenvalue weighted by molar-refractivity contribution is -0.274. The first-order valence-corrected chi connectivity index (χ1v) is 8.60. The summed E-state index contributed by atoms with van der Waals surface area (Å²) in [4.78, 5) is 24.5. The van der Waals surface area contributed by atoms with Gasteiger partial charge in [-0.2, -0.15) is 0 Å². The van der Waals surface area contributed by atoms with Crippen molar-refractivity contribution in [2.75, 3.05) is 19.0 Å². The fourth-order valence-corrected chi connectivity index (χ4v) is 3.13. The number of anilines is 1. The third kappa shape index (κ3) is 6.74. The van der Waals surface area contributed by atoms with E-state index in [4.69, 9.17) is 16.3 Å². The molecule has 0 saturated carbocycles. The zero-order valence-corrected chi connectivity index (χ0v) is 15.4. The van der Waals surface area contributed by atoms with Crippen molar-refractivity contribution in [2.24, 2.45) is 0 Å². The van der Waals surface area contributed by atoms with Crippen LogP contribution in [-0.4, -0.2) is 31.8 Å². The van der Waals surface area contributed by atoms with E-state index in [1.807, 2.05) is 0 Å². The monoisotopic (exact) mass is 422 g/mol. The molecule has 1 aromatic heterocycles. The maximum Gasteiger partial charge on any atom is 0.573 e. The molecule has 0 spiro atoms. The number of hydrogen-bond donors (Lipinski definition) is 2. The Morgan fingerprint density at radius 1 is 1.15 bits per heavy atom. The number of hydrogen-bond acceptors (Lipinski definition) is 5. The van der Waals surface area contributed by atoms with Gasteiger partial charge < -0.3 is 20.1 Å². The van der Waals surface area contributed by atoms with E-state index in [0.717, 1.165) is 17.0 Å². The second kappa shape index (κ2) is 9.07. The van der Waals surface area contributed by atoms with Gasteiger partial charge in [0.15, 0.2) is 0 Å². The molecule has 0 radical (unpaired) electrons. The molecule has 146 valence electrons. The smallest absolute Gasteiger partial charge is 0.406 e. The largest absolute Gasteiger partial charge is 0.573 e. The summed E-state index contributed by atoms with van der Waals surface area (Å²) in [5.74, 6) is -2.34.